The largest absolute Gasteiger partial charge is 0.486 e. The molecule has 1 aromatic carbocycles. The van der Waals surface area contributed by atoms with E-state index in [0.29, 0.717) is 23.5 Å². The van der Waals surface area contributed by atoms with Crippen molar-refractivity contribution in [1.29, 1.82) is 0 Å². The van der Waals surface area contributed by atoms with Crippen molar-refractivity contribution >= 4 is 17.3 Å². The number of hydrogen-bond donors (Lipinski definition) is 2. The predicted octanol–water partition coefficient (Wildman–Crippen LogP) is 1.94. The summed E-state index contributed by atoms with van der Waals surface area (Å²) < 4.78 is 5.65. The van der Waals surface area contributed by atoms with Gasteiger partial charge in [-0.05, 0) is 31.0 Å². The molecule has 0 spiro atoms. The van der Waals surface area contributed by atoms with Crippen LogP contribution in [0.5, 0.6) is 5.75 Å². The van der Waals surface area contributed by atoms with E-state index in [-0.39, 0.29) is 12.0 Å². The van der Waals surface area contributed by atoms with E-state index < -0.39 is 0 Å². The molecule has 0 saturated heterocycles. The van der Waals surface area contributed by atoms with Gasteiger partial charge in [-0.3, -0.25) is 4.79 Å². The molecule has 3 N–H and O–H groups in total. The zero-order chi connectivity index (χ0) is 11.7. The van der Waals surface area contributed by atoms with Crippen LogP contribution in [0.4, 0.5) is 11.4 Å². The van der Waals surface area contributed by atoms with E-state index in [1.54, 1.807) is 0 Å². The zero-order valence-electron chi connectivity index (χ0n) is 9.54. The lowest BCUT2D eigenvalue weighted by Crippen LogP contribution is -2.17. The van der Waals surface area contributed by atoms with Crippen molar-refractivity contribution in [3.8, 4) is 5.75 Å². The van der Waals surface area contributed by atoms with E-state index in [4.69, 9.17) is 10.5 Å². The summed E-state index contributed by atoms with van der Waals surface area (Å²) in [6.07, 6.45) is 1.09. The maximum absolute atomic E-state index is 11.5. The van der Waals surface area contributed by atoms with Crippen molar-refractivity contribution in [2.75, 3.05) is 11.1 Å². The summed E-state index contributed by atoms with van der Waals surface area (Å²) in [4.78, 5) is 11.5. The Labute approximate surface area is 94.8 Å². The minimum Gasteiger partial charge on any atom is -0.486 e. The van der Waals surface area contributed by atoms with Crippen molar-refractivity contribution in [2.45, 2.75) is 32.8 Å². The van der Waals surface area contributed by atoms with Crippen molar-refractivity contribution in [3.05, 3.63) is 17.7 Å². The highest BCUT2D eigenvalue weighted by Gasteiger charge is 2.21. The molecule has 1 atom stereocenters. The number of nitrogens with one attached hydrogen (secondary N) is 1. The third-order valence-electron chi connectivity index (χ3n) is 2.65. The van der Waals surface area contributed by atoms with Crippen LogP contribution in [-0.2, 0) is 11.2 Å². The Morgan fingerprint density at radius 2 is 2.31 bits per heavy atom. The van der Waals surface area contributed by atoms with Gasteiger partial charge in [-0.2, -0.15) is 0 Å². The van der Waals surface area contributed by atoms with Crippen molar-refractivity contribution in [1.82, 2.24) is 0 Å². The van der Waals surface area contributed by atoms with Gasteiger partial charge >= 0.3 is 0 Å². The summed E-state index contributed by atoms with van der Waals surface area (Å²) in [7, 11) is 0. The molecule has 1 amide bonds. The van der Waals surface area contributed by atoms with Gasteiger partial charge in [-0.25, -0.2) is 0 Å². The number of nitrogen functional groups attached to an aromatic ring is 1. The van der Waals surface area contributed by atoms with Gasteiger partial charge in [-0.1, -0.05) is 6.92 Å². The fourth-order valence-electron chi connectivity index (χ4n) is 1.85. The lowest BCUT2D eigenvalue weighted by atomic mass is 10.1. The molecule has 1 aliphatic rings. The highest BCUT2D eigenvalue weighted by molar-refractivity contribution is 5.95. The smallest absolute Gasteiger partial charge is 0.228 e. The first-order chi connectivity index (χ1) is 7.60. The molecule has 2 rings (SSSR count). The minimum absolute atomic E-state index is 0.0288. The maximum Gasteiger partial charge on any atom is 0.228 e. The predicted molar refractivity (Wildman–Crippen MR) is 63.6 cm³/mol. The second-order valence-electron chi connectivity index (χ2n) is 4.10. The molecule has 0 aliphatic carbocycles. The third kappa shape index (κ3) is 1.96. The van der Waals surface area contributed by atoms with Crippen molar-refractivity contribution in [3.63, 3.8) is 0 Å². The van der Waals surface area contributed by atoms with Gasteiger partial charge in [0.15, 0.2) is 5.75 Å². The molecular formula is C12H16N2O2. The normalized spacial score (nSPS) is 19.4. The first-order valence-electron chi connectivity index (χ1n) is 5.49. The number of ether oxygens (including phenoxy) is 1. The van der Waals surface area contributed by atoms with Crippen LogP contribution < -0.4 is 15.8 Å². The molecule has 0 bridgehead atoms. The fraction of sp³-hybridized carbons (Fsp3) is 0.417. The highest BCUT2D eigenvalue weighted by Crippen LogP contribution is 2.36. The van der Waals surface area contributed by atoms with Crippen molar-refractivity contribution < 1.29 is 9.53 Å². The second-order valence-corrected chi connectivity index (χ2v) is 4.10. The Bertz CT molecular complexity index is 429. The molecule has 1 aromatic rings. The number of benzene rings is 1. The molecule has 0 aromatic heterocycles. The maximum atomic E-state index is 11.5. The Morgan fingerprint density at radius 3 is 3.00 bits per heavy atom. The molecular weight excluding hydrogens is 204 g/mol. The summed E-state index contributed by atoms with van der Waals surface area (Å²) in [6, 6.07) is 3.81. The van der Waals surface area contributed by atoms with E-state index in [2.05, 4.69) is 5.32 Å². The number of hydrogen-bond acceptors (Lipinski definition) is 3. The summed E-state index contributed by atoms with van der Waals surface area (Å²) >= 11 is 0. The van der Waals surface area contributed by atoms with E-state index >= 15 is 0 Å². The summed E-state index contributed by atoms with van der Waals surface area (Å²) in [5.74, 6) is 0.564. The van der Waals surface area contributed by atoms with Crippen LogP contribution >= 0.6 is 0 Å². The van der Waals surface area contributed by atoms with Crippen LogP contribution in [0.3, 0.4) is 0 Å². The lowest BCUT2D eigenvalue weighted by molar-refractivity contribution is -0.117. The molecule has 0 radical (unpaired) electrons. The third-order valence-corrected chi connectivity index (χ3v) is 2.65. The van der Waals surface area contributed by atoms with Gasteiger partial charge in [0, 0.05) is 0 Å². The number of amides is 1. The number of nitrogens with two attached hydrogens (primary N) is 1. The molecule has 86 valence electrons. The van der Waals surface area contributed by atoms with Gasteiger partial charge < -0.3 is 15.8 Å². The number of fused-ring (bicyclic) bond motifs is 1. The van der Waals surface area contributed by atoms with Crippen LogP contribution in [0, 0.1) is 0 Å². The van der Waals surface area contributed by atoms with E-state index in [1.165, 1.54) is 0 Å². The molecule has 1 aliphatic heterocycles. The van der Waals surface area contributed by atoms with E-state index in [9.17, 15) is 4.79 Å². The van der Waals surface area contributed by atoms with Crippen LogP contribution in [0.2, 0.25) is 0 Å². The standard InChI is InChI=1S/C12H16N2O2/c1-3-8-5-9(13)12-10(6-8)14-11(15)4-7(2)16-12/h5-7H,3-4,13H2,1-2H3,(H,14,15). The molecule has 0 fully saturated rings. The van der Waals surface area contributed by atoms with Crippen molar-refractivity contribution in [2.24, 2.45) is 0 Å². The number of rotatable bonds is 1. The number of anilines is 2. The summed E-state index contributed by atoms with van der Waals surface area (Å²) in [5.41, 5.74) is 8.28. The zero-order valence-corrected chi connectivity index (χ0v) is 9.54. The SMILES string of the molecule is CCc1cc(N)c2c(c1)NC(=O)CC(C)O2. The molecule has 0 saturated carbocycles. The second kappa shape index (κ2) is 4.04. The van der Waals surface area contributed by atoms with Gasteiger partial charge in [0.25, 0.3) is 0 Å². The first-order valence-corrected chi connectivity index (χ1v) is 5.49. The van der Waals surface area contributed by atoms with Crippen LogP contribution in [-0.4, -0.2) is 12.0 Å². The highest BCUT2D eigenvalue weighted by atomic mass is 16.5. The Morgan fingerprint density at radius 1 is 1.56 bits per heavy atom. The topological polar surface area (TPSA) is 64.3 Å². The van der Waals surface area contributed by atoms with Crippen LogP contribution in [0.1, 0.15) is 25.8 Å². The minimum atomic E-state index is -0.143. The lowest BCUT2D eigenvalue weighted by Gasteiger charge is -2.14. The Kier molecular flexibility index (Phi) is 2.73. The van der Waals surface area contributed by atoms with Crippen LogP contribution in [0.25, 0.3) is 0 Å². The monoisotopic (exact) mass is 220 g/mol. The average molecular weight is 220 g/mol. The summed E-state index contributed by atoms with van der Waals surface area (Å²) in [5, 5.41) is 2.82. The van der Waals surface area contributed by atoms with E-state index in [1.807, 2.05) is 26.0 Å². The Balaban J connectivity index is 2.48. The number of aryl methyl sites for hydroxylation is 1. The van der Waals surface area contributed by atoms with Gasteiger partial charge in [0.1, 0.15) is 6.10 Å². The molecule has 4 nitrogen and oxygen atoms in total. The number of carbonyl (C=O) groups excluding carboxylic acids is 1. The molecule has 4 heteroatoms. The quantitative estimate of drug-likeness (QED) is 0.711. The fourth-order valence-corrected chi connectivity index (χ4v) is 1.85. The molecule has 16 heavy (non-hydrogen) atoms. The van der Waals surface area contributed by atoms with E-state index in [0.717, 1.165) is 12.0 Å². The Hall–Kier alpha value is -1.71. The van der Waals surface area contributed by atoms with Gasteiger partial charge in [0.2, 0.25) is 5.91 Å². The summed E-state index contributed by atoms with van der Waals surface area (Å²) in [6.45, 7) is 3.91. The molecule has 1 heterocycles. The number of carbonyl (C=O) groups is 1. The molecule has 1 unspecified atom stereocenters. The van der Waals surface area contributed by atoms with Gasteiger partial charge in [0.05, 0.1) is 17.8 Å². The first kappa shape index (κ1) is 10.8. The average Bonchev–Trinajstić information content (AvgIpc) is 2.35. The van der Waals surface area contributed by atoms with Crippen LogP contribution in [0.15, 0.2) is 12.1 Å². The van der Waals surface area contributed by atoms with Gasteiger partial charge in [-0.15, -0.1) is 0 Å².